The molecular formula is C15H24O8. The van der Waals surface area contributed by atoms with Gasteiger partial charge < -0.3 is 34.6 Å². The summed E-state index contributed by atoms with van der Waals surface area (Å²) in [6.07, 6.45) is -6.62. The Morgan fingerprint density at radius 3 is 2.35 bits per heavy atom. The zero-order valence-corrected chi connectivity index (χ0v) is 13.4. The van der Waals surface area contributed by atoms with Crippen LogP contribution in [0.3, 0.4) is 0 Å². The van der Waals surface area contributed by atoms with Crippen molar-refractivity contribution < 1.29 is 39.4 Å². The molecule has 8 nitrogen and oxygen atoms in total. The summed E-state index contributed by atoms with van der Waals surface area (Å²) >= 11 is 0. The highest BCUT2D eigenvalue weighted by molar-refractivity contribution is 5.89. The molecule has 8 heteroatoms. The lowest BCUT2D eigenvalue weighted by molar-refractivity contribution is -0.294. The summed E-state index contributed by atoms with van der Waals surface area (Å²) in [5.41, 5.74) is 0.263. The van der Waals surface area contributed by atoms with Crippen molar-refractivity contribution in [2.75, 3.05) is 6.61 Å². The normalized spacial score (nSPS) is 41.7. The van der Waals surface area contributed by atoms with Crippen molar-refractivity contribution in [1.29, 1.82) is 0 Å². The molecule has 132 valence electrons. The van der Waals surface area contributed by atoms with Gasteiger partial charge in [0.25, 0.3) is 0 Å². The van der Waals surface area contributed by atoms with Gasteiger partial charge in [0, 0.05) is 0 Å². The smallest absolute Gasteiger partial charge is 0.337 e. The van der Waals surface area contributed by atoms with E-state index in [9.17, 15) is 25.2 Å². The molecule has 2 rings (SSSR count). The number of hydrogen-bond donors (Lipinski definition) is 4. The van der Waals surface area contributed by atoms with Gasteiger partial charge in [-0.3, -0.25) is 0 Å². The highest BCUT2D eigenvalue weighted by atomic mass is 16.7. The number of carbonyl (C=O) groups excluding carboxylic acids is 1. The van der Waals surface area contributed by atoms with E-state index in [2.05, 4.69) is 0 Å². The van der Waals surface area contributed by atoms with Crippen molar-refractivity contribution >= 4 is 5.97 Å². The Morgan fingerprint density at radius 1 is 1.13 bits per heavy atom. The topological polar surface area (TPSA) is 126 Å². The second-order valence-corrected chi connectivity index (χ2v) is 5.95. The van der Waals surface area contributed by atoms with Crippen molar-refractivity contribution in [3.63, 3.8) is 0 Å². The Morgan fingerprint density at radius 2 is 1.78 bits per heavy atom. The molecule has 2 aliphatic heterocycles. The summed E-state index contributed by atoms with van der Waals surface area (Å²) in [4.78, 5) is 11.9. The average molecular weight is 332 g/mol. The molecule has 0 aromatic carbocycles. The third-order valence-corrected chi connectivity index (χ3v) is 4.40. The number of rotatable bonds is 4. The van der Waals surface area contributed by atoms with Crippen molar-refractivity contribution in [3.05, 3.63) is 11.3 Å². The van der Waals surface area contributed by atoms with Gasteiger partial charge in [-0.15, -0.1) is 0 Å². The minimum absolute atomic E-state index is 0.245. The first-order valence-corrected chi connectivity index (χ1v) is 7.70. The number of ether oxygens (including phenoxy) is 3. The molecule has 0 aromatic rings. The molecule has 7 atom stereocenters. The van der Waals surface area contributed by atoms with Gasteiger partial charge in [-0.25, -0.2) is 4.79 Å². The molecule has 0 bridgehead atoms. The molecule has 2 heterocycles. The fourth-order valence-electron chi connectivity index (χ4n) is 2.86. The maximum atomic E-state index is 11.9. The quantitative estimate of drug-likeness (QED) is 0.486. The molecule has 0 unspecified atom stereocenters. The van der Waals surface area contributed by atoms with Crippen molar-refractivity contribution in [1.82, 2.24) is 0 Å². The predicted molar refractivity (Wildman–Crippen MR) is 76.9 cm³/mol. The third-order valence-electron chi connectivity index (χ3n) is 4.40. The highest BCUT2D eigenvalue weighted by Crippen LogP contribution is 2.33. The van der Waals surface area contributed by atoms with Crippen LogP contribution in [0.1, 0.15) is 27.2 Å². The van der Waals surface area contributed by atoms with E-state index in [0.29, 0.717) is 12.2 Å². The number of esters is 1. The van der Waals surface area contributed by atoms with E-state index in [0.717, 1.165) is 0 Å². The fourth-order valence-corrected chi connectivity index (χ4v) is 2.86. The largest absolute Gasteiger partial charge is 0.465 e. The molecule has 0 spiro atoms. The van der Waals surface area contributed by atoms with Gasteiger partial charge in [0.05, 0.1) is 18.1 Å². The zero-order chi connectivity index (χ0) is 17.3. The number of aliphatic hydroxyl groups is 4. The summed E-state index contributed by atoms with van der Waals surface area (Å²) < 4.78 is 16.2. The molecule has 0 amide bonds. The summed E-state index contributed by atoms with van der Waals surface area (Å²) in [6.45, 7) is 4.70. The molecular weight excluding hydrogens is 308 g/mol. The standard InChI is InChI=1S/C15H24O8/c1-4-8-6(2)13(7(3)14(20)21-8)23-15-12(19)11(18)10(17)9(5-16)22-15/h6,8-12,15-19H,4-5H2,1-3H3/t6-,8+,9-,10-,11+,12-,15+/m1/s1. The van der Waals surface area contributed by atoms with E-state index in [1.54, 1.807) is 6.92 Å². The van der Waals surface area contributed by atoms with Crippen LogP contribution in [-0.4, -0.2) is 69.8 Å². The maximum absolute atomic E-state index is 11.9. The number of cyclic esters (lactones) is 1. The Hall–Kier alpha value is -1.19. The Balaban J connectivity index is 2.22. The zero-order valence-electron chi connectivity index (χ0n) is 13.4. The molecule has 2 aliphatic rings. The van der Waals surface area contributed by atoms with Crippen LogP contribution in [0.4, 0.5) is 0 Å². The van der Waals surface area contributed by atoms with Crippen LogP contribution in [0.15, 0.2) is 11.3 Å². The predicted octanol–water partition coefficient (Wildman–Crippen LogP) is -0.952. The molecule has 1 saturated heterocycles. The summed E-state index contributed by atoms with van der Waals surface area (Å²) in [5.74, 6) is -0.433. The van der Waals surface area contributed by atoms with Crippen molar-refractivity contribution in [2.45, 2.75) is 64.0 Å². The van der Waals surface area contributed by atoms with E-state index in [-0.39, 0.29) is 17.6 Å². The van der Waals surface area contributed by atoms with Crippen molar-refractivity contribution in [2.24, 2.45) is 5.92 Å². The van der Waals surface area contributed by atoms with Gasteiger partial charge in [0.2, 0.25) is 6.29 Å². The van der Waals surface area contributed by atoms with E-state index < -0.39 is 43.3 Å². The Kier molecular flexibility index (Phi) is 5.64. The number of aliphatic hydroxyl groups excluding tert-OH is 4. The average Bonchev–Trinajstić information content (AvgIpc) is 2.54. The van der Waals surface area contributed by atoms with Gasteiger partial charge in [-0.05, 0) is 13.3 Å². The van der Waals surface area contributed by atoms with Crippen LogP contribution in [0.5, 0.6) is 0 Å². The molecule has 1 fully saturated rings. The third kappa shape index (κ3) is 3.36. The second kappa shape index (κ2) is 7.14. The monoisotopic (exact) mass is 332 g/mol. The van der Waals surface area contributed by atoms with Crippen LogP contribution in [0.25, 0.3) is 0 Å². The van der Waals surface area contributed by atoms with Crippen LogP contribution in [0, 0.1) is 5.92 Å². The summed E-state index contributed by atoms with van der Waals surface area (Å²) in [7, 11) is 0. The van der Waals surface area contributed by atoms with E-state index in [1.165, 1.54) is 0 Å². The first-order valence-electron chi connectivity index (χ1n) is 7.70. The van der Waals surface area contributed by atoms with Crippen LogP contribution >= 0.6 is 0 Å². The lowest BCUT2D eigenvalue weighted by Crippen LogP contribution is -2.59. The molecule has 0 radical (unpaired) electrons. The van der Waals surface area contributed by atoms with Crippen LogP contribution in [0.2, 0.25) is 0 Å². The first-order chi connectivity index (χ1) is 10.8. The summed E-state index contributed by atoms with van der Waals surface area (Å²) in [6, 6.07) is 0. The van der Waals surface area contributed by atoms with Crippen molar-refractivity contribution in [3.8, 4) is 0 Å². The molecule has 0 aliphatic carbocycles. The van der Waals surface area contributed by atoms with Gasteiger partial charge in [-0.2, -0.15) is 0 Å². The first kappa shape index (κ1) is 18.2. The maximum Gasteiger partial charge on any atom is 0.337 e. The number of carbonyl (C=O) groups is 1. The summed E-state index contributed by atoms with van der Waals surface area (Å²) in [5, 5.41) is 38.8. The van der Waals surface area contributed by atoms with E-state index >= 15 is 0 Å². The second-order valence-electron chi connectivity index (χ2n) is 5.95. The number of hydrogen-bond acceptors (Lipinski definition) is 8. The Bertz CT molecular complexity index is 474. The van der Waals surface area contributed by atoms with Gasteiger partial charge in [0.15, 0.2) is 0 Å². The van der Waals surface area contributed by atoms with Crippen LogP contribution in [-0.2, 0) is 19.0 Å². The van der Waals surface area contributed by atoms with Gasteiger partial charge >= 0.3 is 5.97 Å². The Labute approximate surface area is 134 Å². The molecule has 0 saturated carbocycles. The minimum Gasteiger partial charge on any atom is -0.465 e. The molecule has 0 aromatic heterocycles. The lowest BCUT2D eigenvalue weighted by Gasteiger charge is -2.41. The molecule has 23 heavy (non-hydrogen) atoms. The van der Waals surface area contributed by atoms with Gasteiger partial charge in [-0.1, -0.05) is 13.8 Å². The lowest BCUT2D eigenvalue weighted by atomic mass is 9.94. The molecule has 4 N–H and O–H groups in total. The minimum atomic E-state index is -1.53. The fraction of sp³-hybridized carbons (Fsp3) is 0.800. The van der Waals surface area contributed by atoms with Gasteiger partial charge in [0.1, 0.15) is 36.3 Å². The SMILES string of the molecule is CC[C@@H]1OC(=O)C(C)=C(O[C@@H]2O[C@H](CO)[C@@H](O)[C@H](O)[C@H]2O)[C@@H]1C. The van der Waals surface area contributed by atoms with E-state index in [4.69, 9.17) is 14.2 Å². The van der Waals surface area contributed by atoms with E-state index in [1.807, 2.05) is 13.8 Å². The highest BCUT2D eigenvalue weighted by Gasteiger charge is 2.46. The van der Waals surface area contributed by atoms with Crippen LogP contribution < -0.4 is 0 Å².